The molecule has 1 aromatic carbocycles. The summed E-state index contributed by atoms with van der Waals surface area (Å²) in [5, 5.41) is 1.38. The van der Waals surface area contributed by atoms with Crippen molar-refractivity contribution in [1.82, 2.24) is 0 Å². The van der Waals surface area contributed by atoms with Gasteiger partial charge in [-0.3, -0.25) is 0 Å². The van der Waals surface area contributed by atoms with Gasteiger partial charge in [0.15, 0.2) is 0 Å². The molecule has 1 aromatic rings. The number of ether oxygens (including phenoxy) is 1. The van der Waals surface area contributed by atoms with E-state index in [9.17, 15) is 0 Å². The Morgan fingerprint density at radius 2 is 1.73 bits per heavy atom. The lowest BCUT2D eigenvalue weighted by atomic mass is 10.3. The number of methoxy groups -OCH3 is 1. The minimum Gasteiger partial charge on any atom is -0.497 e. The van der Waals surface area contributed by atoms with Crippen molar-refractivity contribution in [2.24, 2.45) is 0 Å². The minimum absolute atomic E-state index is 0. The van der Waals surface area contributed by atoms with Crippen LogP contribution in [0, 0.1) is 0 Å². The summed E-state index contributed by atoms with van der Waals surface area (Å²) in [6, 6.07) is 8.17. The van der Waals surface area contributed by atoms with Crippen molar-refractivity contribution >= 4 is 30.9 Å². The molecule has 0 saturated carbocycles. The second kappa shape index (κ2) is 5.56. The van der Waals surface area contributed by atoms with Crippen molar-refractivity contribution < 1.29 is 4.74 Å². The molecular formula is C8H12BrOP. The molecule has 0 N–H and O–H groups in total. The molecule has 0 heterocycles. The highest BCUT2D eigenvalue weighted by molar-refractivity contribution is 8.93. The molecule has 0 aliphatic carbocycles. The van der Waals surface area contributed by atoms with Crippen LogP contribution in [0.4, 0.5) is 0 Å². The van der Waals surface area contributed by atoms with E-state index in [0.717, 1.165) is 14.3 Å². The lowest BCUT2D eigenvalue weighted by molar-refractivity contribution is 0.415. The zero-order valence-electron chi connectivity index (χ0n) is 6.63. The van der Waals surface area contributed by atoms with Crippen molar-refractivity contribution in [1.29, 1.82) is 0 Å². The molecule has 0 saturated heterocycles. The molecule has 0 aliphatic rings. The predicted molar refractivity (Wildman–Crippen MR) is 57.2 cm³/mol. The van der Waals surface area contributed by atoms with Crippen LogP contribution in [0.1, 0.15) is 0 Å². The first kappa shape index (κ1) is 10.9. The van der Waals surface area contributed by atoms with Crippen molar-refractivity contribution in [3.63, 3.8) is 0 Å². The van der Waals surface area contributed by atoms with E-state index in [4.69, 9.17) is 4.74 Å². The average molecular weight is 235 g/mol. The minimum atomic E-state index is 0. The zero-order chi connectivity index (χ0) is 7.40. The van der Waals surface area contributed by atoms with Crippen LogP contribution in [-0.4, -0.2) is 13.8 Å². The third kappa shape index (κ3) is 3.22. The molecule has 1 nitrogen and oxygen atoms in total. The molecule has 0 spiro atoms. The first-order chi connectivity index (χ1) is 4.86. The molecule has 11 heavy (non-hydrogen) atoms. The Morgan fingerprint density at radius 1 is 1.18 bits per heavy atom. The van der Waals surface area contributed by atoms with E-state index in [2.05, 4.69) is 18.8 Å². The molecule has 1 unspecified atom stereocenters. The second-order valence-electron chi connectivity index (χ2n) is 1.98. The van der Waals surface area contributed by atoms with Gasteiger partial charge in [-0.1, -0.05) is 20.7 Å². The largest absolute Gasteiger partial charge is 0.497 e. The maximum atomic E-state index is 5.02. The fourth-order valence-electron chi connectivity index (χ4n) is 0.758. The Bertz CT molecular complexity index is 175. The lowest BCUT2D eigenvalue weighted by Crippen LogP contribution is -1.91. The molecule has 62 valence electrons. The molecule has 0 fully saturated rings. The summed E-state index contributed by atoms with van der Waals surface area (Å²) in [5.41, 5.74) is 0. The number of halogens is 1. The van der Waals surface area contributed by atoms with Gasteiger partial charge in [0.05, 0.1) is 7.11 Å². The molecular weight excluding hydrogens is 223 g/mol. The maximum absolute atomic E-state index is 5.02. The molecule has 0 aromatic heterocycles. The molecule has 3 heteroatoms. The van der Waals surface area contributed by atoms with Gasteiger partial charge in [-0.05, 0) is 24.1 Å². The van der Waals surface area contributed by atoms with E-state index in [1.165, 1.54) is 5.30 Å². The predicted octanol–water partition coefficient (Wildman–Crippen LogP) is 2.21. The monoisotopic (exact) mass is 234 g/mol. The summed E-state index contributed by atoms with van der Waals surface area (Å²) in [6.07, 6.45) is 0. The van der Waals surface area contributed by atoms with Crippen molar-refractivity contribution in [3.05, 3.63) is 24.3 Å². The number of hydrogen-bond donors (Lipinski definition) is 0. The Kier molecular flexibility index (Phi) is 5.53. The lowest BCUT2D eigenvalue weighted by Gasteiger charge is -1.99. The van der Waals surface area contributed by atoms with Crippen LogP contribution in [0.25, 0.3) is 0 Å². The highest BCUT2D eigenvalue weighted by atomic mass is 79.9. The van der Waals surface area contributed by atoms with Crippen LogP contribution in [-0.2, 0) is 0 Å². The zero-order valence-corrected chi connectivity index (χ0v) is 9.34. The quantitative estimate of drug-likeness (QED) is 0.714. The average Bonchev–Trinajstić information content (AvgIpc) is 2.05. The van der Waals surface area contributed by atoms with Gasteiger partial charge in [0, 0.05) is 0 Å². The number of rotatable bonds is 2. The topological polar surface area (TPSA) is 9.23 Å². The molecule has 1 atom stereocenters. The van der Waals surface area contributed by atoms with Crippen molar-refractivity contribution in [2.45, 2.75) is 0 Å². The van der Waals surface area contributed by atoms with Crippen LogP contribution >= 0.6 is 25.6 Å². The Labute approximate surface area is 79.7 Å². The Balaban J connectivity index is 0.000001000. The van der Waals surface area contributed by atoms with Gasteiger partial charge in [0.25, 0.3) is 0 Å². The molecule has 0 amide bonds. The number of hydrogen-bond acceptors (Lipinski definition) is 1. The van der Waals surface area contributed by atoms with Gasteiger partial charge in [-0.2, -0.15) is 0 Å². The first-order valence-corrected chi connectivity index (χ1v) is 4.68. The molecule has 0 bridgehead atoms. The first-order valence-electron chi connectivity index (χ1n) is 3.18. The fraction of sp³-hybridized carbons (Fsp3) is 0.250. The van der Waals surface area contributed by atoms with Crippen LogP contribution in [0.3, 0.4) is 0 Å². The highest BCUT2D eigenvalue weighted by Crippen LogP contribution is 2.10. The van der Waals surface area contributed by atoms with Gasteiger partial charge < -0.3 is 4.74 Å². The van der Waals surface area contributed by atoms with E-state index in [0.29, 0.717) is 0 Å². The van der Waals surface area contributed by atoms with E-state index in [1.54, 1.807) is 7.11 Å². The van der Waals surface area contributed by atoms with Crippen molar-refractivity contribution in [2.75, 3.05) is 13.8 Å². The smallest absolute Gasteiger partial charge is 0.118 e. The van der Waals surface area contributed by atoms with Gasteiger partial charge in [-0.25, -0.2) is 0 Å². The van der Waals surface area contributed by atoms with E-state index < -0.39 is 0 Å². The van der Waals surface area contributed by atoms with E-state index in [-0.39, 0.29) is 17.0 Å². The van der Waals surface area contributed by atoms with E-state index >= 15 is 0 Å². The Morgan fingerprint density at radius 3 is 2.09 bits per heavy atom. The third-order valence-electron chi connectivity index (χ3n) is 1.38. The summed E-state index contributed by atoms with van der Waals surface area (Å²) in [5.74, 6) is 0.932. The summed E-state index contributed by atoms with van der Waals surface area (Å²) < 4.78 is 5.02. The molecule has 0 aliphatic heterocycles. The van der Waals surface area contributed by atoms with Gasteiger partial charge in [0.2, 0.25) is 0 Å². The molecule has 1 rings (SSSR count). The van der Waals surface area contributed by atoms with Crippen LogP contribution in [0.15, 0.2) is 24.3 Å². The summed E-state index contributed by atoms with van der Waals surface area (Å²) in [6.45, 7) is 2.17. The van der Waals surface area contributed by atoms with Crippen molar-refractivity contribution in [3.8, 4) is 5.75 Å². The molecule has 0 radical (unpaired) electrons. The van der Waals surface area contributed by atoms with Crippen LogP contribution in [0.2, 0.25) is 0 Å². The Hall–Kier alpha value is -0.0700. The normalized spacial score (nSPS) is 9.64. The third-order valence-corrected chi connectivity index (χ3v) is 2.29. The fourth-order valence-corrected chi connectivity index (χ4v) is 1.26. The second-order valence-corrected chi connectivity index (χ2v) is 3.06. The highest BCUT2D eigenvalue weighted by Gasteiger charge is 1.89. The van der Waals surface area contributed by atoms with Gasteiger partial charge in [0.1, 0.15) is 5.75 Å². The standard InChI is InChI=1S/C8H11OP.BrH/c1-9-7-3-5-8(10-2)6-4-7;/h3-6,10H,1-2H3;1H. The summed E-state index contributed by atoms with van der Waals surface area (Å²) >= 11 is 0. The van der Waals surface area contributed by atoms with Crippen LogP contribution in [0.5, 0.6) is 5.75 Å². The number of benzene rings is 1. The summed E-state index contributed by atoms with van der Waals surface area (Å²) in [7, 11) is 2.56. The van der Waals surface area contributed by atoms with Gasteiger partial charge in [-0.15, -0.1) is 17.0 Å². The van der Waals surface area contributed by atoms with Crippen LogP contribution < -0.4 is 10.0 Å². The summed E-state index contributed by atoms with van der Waals surface area (Å²) in [4.78, 5) is 0. The SMILES string of the molecule is Br.COc1ccc(PC)cc1. The van der Waals surface area contributed by atoms with E-state index in [1.807, 2.05) is 12.1 Å². The van der Waals surface area contributed by atoms with Gasteiger partial charge >= 0.3 is 0 Å². The maximum Gasteiger partial charge on any atom is 0.118 e.